The zero-order valence-corrected chi connectivity index (χ0v) is 23.3. The van der Waals surface area contributed by atoms with Gasteiger partial charge in [0.2, 0.25) is 5.91 Å². The second-order valence-corrected chi connectivity index (χ2v) is 10.9. The van der Waals surface area contributed by atoms with Gasteiger partial charge in [0.1, 0.15) is 6.04 Å². The lowest BCUT2D eigenvalue weighted by Crippen LogP contribution is -2.62. The fourth-order valence-corrected chi connectivity index (χ4v) is 5.73. The molecule has 3 aliphatic rings. The van der Waals surface area contributed by atoms with Crippen LogP contribution in [0.25, 0.3) is 21.9 Å². The number of rotatable bonds is 6. The first-order chi connectivity index (χ1) is 19.2. The monoisotopic (exact) mass is 553 g/mol. The van der Waals surface area contributed by atoms with Crippen molar-refractivity contribution >= 4 is 40.0 Å². The zero-order valence-electron chi connectivity index (χ0n) is 22.6. The maximum absolute atomic E-state index is 14.2. The van der Waals surface area contributed by atoms with E-state index in [1.807, 2.05) is 49.4 Å². The van der Waals surface area contributed by atoms with Crippen molar-refractivity contribution in [1.82, 2.24) is 10.2 Å². The highest BCUT2D eigenvalue weighted by molar-refractivity contribution is 6.30. The molecule has 7 heteroatoms. The van der Waals surface area contributed by atoms with Crippen LogP contribution in [0.2, 0.25) is 5.02 Å². The number of fused-ring (bicyclic) bond motifs is 2. The van der Waals surface area contributed by atoms with Crippen LogP contribution in [-0.2, 0) is 26.3 Å². The number of ketones is 1. The molecule has 3 unspecified atom stereocenters. The van der Waals surface area contributed by atoms with Crippen LogP contribution < -0.4 is 11.1 Å². The summed E-state index contributed by atoms with van der Waals surface area (Å²) in [6.45, 7) is 3.59. The number of hydrogen-bond acceptors (Lipinski definition) is 4. The van der Waals surface area contributed by atoms with Gasteiger partial charge >= 0.3 is 0 Å². The molecule has 204 valence electrons. The van der Waals surface area contributed by atoms with Crippen molar-refractivity contribution in [2.75, 3.05) is 6.54 Å². The summed E-state index contributed by atoms with van der Waals surface area (Å²) in [5.74, 6) is -1.47. The summed E-state index contributed by atoms with van der Waals surface area (Å²) < 4.78 is 0. The van der Waals surface area contributed by atoms with Crippen molar-refractivity contribution in [2.24, 2.45) is 5.73 Å². The highest BCUT2D eigenvalue weighted by atomic mass is 35.5. The molecule has 0 radical (unpaired) electrons. The highest BCUT2D eigenvalue weighted by Gasteiger charge is 2.51. The van der Waals surface area contributed by atoms with E-state index in [9.17, 15) is 14.4 Å². The average Bonchev–Trinajstić information content (AvgIpc) is 3.06. The summed E-state index contributed by atoms with van der Waals surface area (Å²) >= 11 is 6.23. The first-order valence-corrected chi connectivity index (χ1v) is 13.8. The minimum absolute atomic E-state index is 0.164. The predicted molar refractivity (Wildman–Crippen MR) is 159 cm³/mol. The number of nitrogens with one attached hydrogen (secondary N) is 1. The van der Waals surface area contributed by atoms with Crippen molar-refractivity contribution in [2.45, 2.75) is 44.3 Å². The van der Waals surface area contributed by atoms with E-state index in [2.05, 4.69) is 29.6 Å². The maximum Gasteiger partial charge on any atom is 0.255 e. The van der Waals surface area contributed by atoms with Crippen molar-refractivity contribution < 1.29 is 14.4 Å². The normalized spacial score (nSPS) is 20.2. The van der Waals surface area contributed by atoms with Gasteiger partial charge in [-0.2, -0.15) is 0 Å². The Bertz CT molecular complexity index is 1560. The molecule has 3 atom stereocenters. The van der Waals surface area contributed by atoms with Gasteiger partial charge in [0.25, 0.3) is 5.91 Å². The van der Waals surface area contributed by atoms with Crippen LogP contribution in [0.15, 0.2) is 91.0 Å². The largest absolute Gasteiger partial charge is 0.368 e. The molecule has 3 aromatic carbocycles. The van der Waals surface area contributed by atoms with E-state index in [1.54, 1.807) is 24.3 Å². The summed E-state index contributed by atoms with van der Waals surface area (Å²) in [6.07, 6.45) is 0.807. The number of primary amides is 1. The first kappa shape index (κ1) is 27.6. The van der Waals surface area contributed by atoms with Crippen LogP contribution in [0.5, 0.6) is 0 Å². The van der Waals surface area contributed by atoms with E-state index in [0.29, 0.717) is 23.6 Å². The molecule has 3 aromatic rings. The van der Waals surface area contributed by atoms with Crippen LogP contribution in [0.4, 0.5) is 0 Å². The second-order valence-electron chi connectivity index (χ2n) is 10.5. The van der Waals surface area contributed by atoms with Crippen LogP contribution in [0.3, 0.4) is 0 Å². The summed E-state index contributed by atoms with van der Waals surface area (Å²) in [4.78, 5) is 41.5. The van der Waals surface area contributed by atoms with Gasteiger partial charge in [-0.25, -0.2) is 0 Å². The second kappa shape index (κ2) is 11.2. The van der Waals surface area contributed by atoms with Crippen molar-refractivity contribution in [3.05, 3.63) is 107 Å². The van der Waals surface area contributed by atoms with Gasteiger partial charge in [-0.1, -0.05) is 90.5 Å². The standard InChI is InChI=1S/C27H28ClN3O3.C6H4/c1-17-13-14-31(26(34)27(30-17,18(2)32)21-10-6-11-22(28)16-21)24(25(29)33)15-20-9-5-8-19-7-3-4-12-23(19)20;1-2-6-4-3-5(1)6/h3-12,16-17,24,30H,13-15H2,1-2H3,(H2,29,33);1-4H. The van der Waals surface area contributed by atoms with Gasteiger partial charge in [-0.15, -0.1) is 0 Å². The smallest absolute Gasteiger partial charge is 0.255 e. The lowest BCUT2D eigenvalue weighted by molar-refractivity contribution is -0.148. The van der Waals surface area contributed by atoms with Crippen LogP contribution >= 0.6 is 11.6 Å². The minimum Gasteiger partial charge on any atom is -0.368 e. The van der Waals surface area contributed by atoms with Crippen LogP contribution in [0.1, 0.15) is 31.4 Å². The number of hydrogen-bond donors (Lipinski definition) is 2. The average molecular weight is 554 g/mol. The fourth-order valence-electron chi connectivity index (χ4n) is 5.54. The molecule has 1 saturated heterocycles. The molecule has 1 heterocycles. The quantitative estimate of drug-likeness (QED) is 0.281. The Labute approximate surface area is 239 Å². The third-order valence-corrected chi connectivity index (χ3v) is 8.08. The van der Waals surface area contributed by atoms with Gasteiger partial charge in [-0.05, 0) is 65.4 Å². The molecule has 0 bridgehead atoms. The SMILES string of the molecule is CC(=O)C1(c2cccc(Cl)c2)NC(C)CCN(C(Cc2cccc3ccccc23)C(N)=O)C1=O.c1cc2ccc1-2. The van der Waals surface area contributed by atoms with Crippen LogP contribution in [-0.4, -0.2) is 41.1 Å². The number of halogens is 1. The number of carbonyl (C=O) groups excluding carboxylic acids is 3. The van der Waals surface area contributed by atoms with Gasteiger partial charge in [-0.3, -0.25) is 19.7 Å². The van der Waals surface area contributed by atoms with Crippen molar-refractivity contribution in [3.8, 4) is 11.1 Å². The number of benzene rings is 4. The lowest BCUT2D eigenvalue weighted by Gasteiger charge is -2.37. The van der Waals surface area contributed by atoms with Crippen LogP contribution in [0, 0.1) is 0 Å². The number of Topliss-reactive ketones (excluding diaryl/α,β-unsaturated/α-hetero) is 1. The fraction of sp³-hybridized carbons (Fsp3) is 0.242. The van der Waals surface area contributed by atoms with Gasteiger partial charge in [0.15, 0.2) is 11.3 Å². The third kappa shape index (κ3) is 5.12. The molecule has 1 fully saturated rings. The molecule has 0 saturated carbocycles. The first-order valence-electron chi connectivity index (χ1n) is 13.4. The molecule has 6 nitrogen and oxygen atoms in total. The summed E-state index contributed by atoms with van der Waals surface area (Å²) in [5.41, 5.74) is 8.43. The Balaban J connectivity index is 0.000000467. The Morgan fingerprint density at radius 3 is 2.25 bits per heavy atom. The molecule has 0 aromatic heterocycles. The lowest BCUT2D eigenvalue weighted by atomic mass is 9.83. The molecule has 0 spiro atoms. The summed E-state index contributed by atoms with van der Waals surface area (Å²) in [7, 11) is 0. The van der Waals surface area contributed by atoms with E-state index in [0.717, 1.165) is 16.3 Å². The van der Waals surface area contributed by atoms with Gasteiger partial charge < -0.3 is 10.6 Å². The zero-order chi connectivity index (χ0) is 28.4. The summed E-state index contributed by atoms with van der Waals surface area (Å²) in [5, 5.41) is 5.70. The molecule has 1 aliphatic heterocycles. The number of amides is 2. The maximum atomic E-state index is 14.2. The molecule has 3 N–H and O–H groups in total. The molecule has 2 aliphatic carbocycles. The number of carbonyl (C=O) groups is 3. The Hall–Kier alpha value is -4.00. The van der Waals surface area contributed by atoms with E-state index in [1.165, 1.54) is 23.0 Å². The van der Waals surface area contributed by atoms with Crippen molar-refractivity contribution in [1.29, 1.82) is 0 Å². The highest BCUT2D eigenvalue weighted by Crippen LogP contribution is 2.33. The minimum atomic E-state index is -1.66. The third-order valence-electron chi connectivity index (χ3n) is 7.85. The van der Waals surface area contributed by atoms with E-state index < -0.39 is 23.4 Å². The molecule has 2 amide bonds. The van der Waals surface area contributed by atoms with E-state index in [-0.39, 0.29) is 18.2 Å². The molecular formula is C33H32ClN3O3. The number of nitrogens with two attached hydrogens (primary N) is 1. The molecular weight excluding hydrogens is 522 g/mol. The predicted octanol–water partition coefficient (Wildman–Crippen LogP) is 5.25. The van der Waals surface area contributed by atoms with Gasteiger partial charge in [0.05, 0.1) is 0 Å². The Kier molecular flexibility index (Phi) is 7.74. The van der Waals surface area contributed by atoms with Gasteiger partial charge in [0, 0.05) is 24.0 Å². The summed E-state index contributed by atoms with van der Waals surface area (Å²) in [6, 6.07) is 27.9. The Morgan fingerprint density at radius 1 is 1.00 bits per heavy atom. The van der Waals surface area contributed by atoms with E-state index in [4.69, 9.17) is 17.3 Å². The van der Waals surface area contributed by atoms with Crippen molar-refractivity contribution in [3.63, 3.8) is 0 Å². The number of nitrogens with zero attached hydrogens (tertiary/aromatic N) is 1. The molecule has 40 heavy (non-hydrogen) atoms. The topological polar surface area (TPSA) is 92.5 Å². The Morgan fingerprint density at radius 2 is 1.65 bits per heavy atom. The van der Waals surface area contributed by atoms with E-state index >= 15 is 0 Å². The molecule has 6 rings (SSSR count).